The van der Waals surface area contributed by atoms with Gasteiger partial charge in [-0.25, -0.2) is 4.21 Å². The van der Waals surface area contributed by atoms with Crippen LogP contribution in [0.1, 0.15) is 70.9 Å². The molecule has 2 aliphatic heterocycles. The number of carbonyl (C=O) groups is 3. The molecule has 2 unspecified atom stereocenters. The van der Waals surface area contributed by atoms with Gasteiger partial charge in [-0.2, -0.15) is 13.2 Å². The summed E-state index contributed by atoms with van der Waals surface area (Å²) in [5, 5.41) is 33.6. The van der Waals surface area contributed by atoms with Crippen molar-refractivity contribution in [3.8, 4) is 11.1 Å². The van der Waals surface area contributed by atoms with Gasteiger partial charge in [-0.05, 0) is 195 Å². The van der Waals surface area contributed by atoms with Crippen LogP contribution in [0.2, 0.25) is 5.02 Å². The van der Waals surface area contributed by atoms with E-state index < -0.39 is 46.2 Å². The second-order valence-electron chi connectivity index (χ2n) is 19.1. The zero-order valence-electron chi connectivity index (χ0n) is 43.0. The van der Waals surface area contributed by atoms with Gasteiger partial charge < -0.3 is 41.1 Å². The van der Waals surface area contributed by atoms with E-state index in [0.29, 0.717) is 73.7 Å². The van der Waals surface area contributed by atoms with Crippen molar-refractivity contribution in [1.29, 1.82) is 0 Å². The maximum absolute atomic E-state index is 13.6. The molecule has 0 saturated carbocycles. The third-order valence-corrected chi connectivity index (χ3v) is 16.8. The molecule has 2 fully saturated rings. The number of nitrogen functional groups attached to an aromatic ring is 1. The highest BCUT2D eigenvalue weighted by Crippen LogP contribution is 2.41. The number of amides is 2. The van der Waals surface area contributed by atoms with Crippen LogP contribution in [0.3, 0.4) is 0 Å². The van der Waals surface area contributed by atoms with E-state index in [1.807, 2.05) is 60.3 Å². The molecule has 0 radical (unpaired) electrons. The Hall–Kier alpha value is -6.06. The molecule has 2 saturated heterocycles. The zero-order chi connectivity index (χ0) is 55.8. The van der Waals surface area contributed by atoms with Crippen LogP contribution in [0.15, 0.2) is 154 Å². The van der Waals surface area contributed by atoms with E-state index in [-0.39, 0.29) is 45.4 Å². The Labute approximate surface area is 469 Å². The Morgan fingerprint density at radius 2 is 1.40 bits per heavy atom. The molecule has 6 aromatic carbocycles. The number of carboxylic acid groups (broad SMARTS) is 1. The van der Waals surface area contributed by atoms with Crippen LogP contribution in [0.25, 0.3) is 11.1 Å². The number of aliphatic carboxylic acids is 1. The molecule has 2 amide bonds. The summed E-state index contributed by atoms with van der Waals surface area (Å²) in [6.07, 6.45) is 3.93. The number of aliphatic hydroxyl groups is 2. The van der Waals surface area contributed by atoms with E-state index >= 15 is 0 Å². The molecule has 13 nitrogen and oxygen atoms in total. The summed E-state index contributed by atoms with van der Waals surface area (Å²) in [6, 6.07) is 40.8. The first-order chi connectivity index (χ1) is 37.4. The molecule has 20 heteroatoms. The summed E-state index contributed by atoms with van der Waals surface area (Å²) in [7, 11) is -0.0841. The Balaban J connectivity index is 0.000000473. The first kappa shape index (κ1) is 59.6. The van der Waals surface area contributed by atoms with Gasteiger partial charge in [0.2, 0.25) is 0 Å². The van der Waals surface area contributed by atoms with Crippen LogP contribution in [-0.2, 0) is 15.8 Å². The molecular formula is C58H64ClF3N6O7S3. The molecule has 8 rings (SSSR count). The molecule has 6 aromatic rings. The quantitative estimate of drug-likeness (QED) is 0.0241. The number of rotatable bonds is 20. The van der Waals surface area contributed by atoms with E-state index in [1.54, 1.807) is 48.5 Å². The van der Waals surface area contributed by atoms with Crippen molar-refractivity contribution in [2.75, 3.05) is 79.5 Å². The van der Waals surface area contributed by atoms with Crippen LogP contribution >= 0.6 is 35.1 Å². The molecule has 0 aliphatic carbocycles. The number of likely N-dealkylation sites (N-methyl/N-ethyl adjacent to an activating group) is 1. The third-order valence-electron chi connectivity index (χ3n) is 13.6. The van der Waals surface area contributed by atoms with Gasteiger partial charge in [0.15, 0.2) is 11.0 Å². The highest BCUT2D eigenvalue weighted by atomic mass is 35.5. The molecule has 0 spiro atoms. The smallest absolute Gasteiger partial charge is 0.446 e. The molecule has 0 aromatic heterocycles. The van der Waals surface area contributed by atoms with Crippen LogP contribution in [0, 0.1) is 11.8 Å². The lowest BCUT2D eigenvalue weighted by molar-refractivity contribution is -0.142. The standard InChI is InChI=1S/C45H43ClF3N5O6S2.C13H21NOS/c46-32-6-1-27(2-7-32)37-15-5-31(42(56)51-33-8-12-35(13-9-33)54-23-19-30(20-24-54)44(58)59)25-38(37)41(55)28-17-21-53(22-18-28)34-10-3-29(4-11-34)43(57)52-62(60)36-14-16-39(50)40(26-36)61-45(47,48)49;1-14(10-11-15)9-5-6-12-16-13-7-3-2-4-8-13/h1-16,25-26,28,30,41,55H,17-24,50H2,(H,51,56)(H,52,57)(H,58,59);2-4,7-8,15H,5-6,9-12H2,1H3. The fourth-order valence-corrected chi connectivity index (χ4v) is 11.8. The Bertz CT molecular complexity index is 2950. The van der Waals surface area contributed by atoms with Crippen molar-refractivity contribution in [2.45, 2.75) is 64.8 Å². The zero-order valence-corrected chi connectivity index (χ0v) is 46.2. The number of piperidine rings is 2. The second-order valence-corrected chi connectivity index (χ2v) is 23.0. The molecule has 414 valence electrons. The van der Waals surface area contributed by atoms with Crippen molar-refractivity contribution >= 4 is 86.6 Å². The van der Waals surface area contributed by atoms with E-state index in [1.165, 1.54) is 35.6 Å². The summed E-state index contributed by atoms with van der Waals surface area (Å²) < 4.78 is 54.0. The lowest BCUT2D eigenvalue weighted by Gasteiger charge is -2.36. The van der Waals surface area contributed by atoms with E-state index in [0.717, 1.165) is 41.7 Å². The molecule has 2 heterocycles. The van der Waals surface area contributed by atoms with E-state index in [9.17, 15) is 42.0 Å². The number of hydrogen-bond acceptors (Lipinski definition) is 12. The van der Waals surface area contributed by atoms with Gasteiger partial charge in [-0.15, -0.1) is 11.8 Å². The lowest BCUT2D eigenvalue weighted by Crippen LogP contribution is -2.36. The average Bonchev–Trinajstić information content (AvgIpc) is 3.48. The van der Waals surface area contributed by atoms with Crippen molar-refractivity contribution in [3.05, 3.63) is 161 Å². The number of nitrogens with zero attached hydrogens (tertiary/aromatic N) is 3. The number of thioether (sulfide) groups is 2. The van der Waals surface area contributed by atoms with Crippen LogP contribution in [-0.4, -0.2) is 106 Å². The number of nitrogens with one attached hydrogen (secondary N) is 2. The highest BCUT2D eigenvalue weighted by Gasteiger charge is 2.32. The van der Waals surface area contributed by atoms with E-state index in [2.05, 4.69) is 56.1 Å². The number of unbranched alkanes of at least 4 members (excludes halogenated alkanes) is 1. The summed E-state index contributed by atoms with van der Waals surface area (Å²) in [4.78, 5) is 45.4. The number of aliphatic hydroxyl groups excluding tert-OH is 2. The number of alkyl halides is 3. The monoisotopic (exact) mass is 1140 g/mol. The number of carbonyl (C=O) groups excluding carboxylic acids is 2. The summed E-state index contributed by atoms with van der Waals surface area (Å²) in [5.41, 5.74) is 6.12. The molecule has 78 heavy (non-hydrogen) atoms. The van der Waals surface area contributed by atoms with Gasteiger partial charge in [0, 0.05) is 81.4 Å². The average molecular weight is 1150 g/mol. The van der Waals surface area contributed by atoms with Crippen LogP contribution in [0.4, 0.5) is 35.9 Å². The Morgan fingerprint density at radius 1 is 0.782 bits per heavy atom. The van der Waals surface area contributed by atoms with Crippen LogP contribution in [0.5, 0.6) is 0 Å². The fraction of sp³-hybridized carbons (Fsp3) is 0.328. The largest absolute Gasteiger partial charge is 0.481 e. The number of anilines is 4. The molecule has 7 N–H and O–H groups in total. The molecular weight excluding hydrogens is 1080 g/mol. The predicted molar refractivity (Wildman–Crippen MR) is 308 cm³/mol. The number of carboxylic acids is 1. The fourth-order valence-electron chi connectivity index (χ4n) is 9.25. The van der Waals surface area contributed by atoms with Crippen LogP contribution < -0.4 is 25.6 Å². The maximum atomic E-state index is 13.6. The SMILES string of the molecule is CN(CCO)CCCCSc1ccccc1.Nc1ccc(S(=O)NC(=O)c2ccc(N3CCC(C(O)c4cc(C(=O)Nc5ccc(N6CCC(C(=O)O)CC6)cc5)ccc4-c4ccc(Cl)cc4)CC3)cc2)cc1SC(F)(F)F. The van der Waals surface area contributed by atoms with Crippen molar-refractivity contribution in [3.63, 3.8) is 0 Å². The number of halogens is 4. The molecule has 0 bridgehead atoms. The van der Waals surface area contributed by atoms with Crippen molar-refractivity contribution in [1.82, 2.24) is 9.62 Å². The van der Waals surface area contributed by atoms with Gasteiger partial charge in [0.25, 0.3) is 11.8 Å². The molecule has 2 atom stereocenters. The lowest BCUT2D eigenvalue weighted by atomic mass is 9.83. The van der Waals surface area contributed by atoms with Crippen molar-refractivity contribution in [2.24, 2.45) is 11.8 Å². The predicted octanol–water partition coefficient (Wildman–Crippen LogP) is 11.6. The van der Waals surface area contributed by atoms with Gasteiger partial charge in [-0.1, -0.05) is 48.0 Å². The van der Waals surface area contributed by atoms with Gasteiger partial charge in [-0.3, -0.25) is 19.1 Å². The highest BCUT2D eigenvalue weighted by molar-refractivity contribution is 8.00. The second kappa shape index (κ2) is 28.7. The number of benzene rings is 6. The maximum Gasteiger partial charge on any atom is 0.446 e. The minimum atomic E-state index is -4.59. The first-order valence-corrected chi connectivity index (χ1v) is 28.9. The normalized spacial score (nSPS) is 15.0. The minimum Gasteiger partial charge on any atom is -0.481 e. The first-order valence-electron chi connectivity index (χ1n) is 25.6. The van der Waals surface area contributed by atoms with Crippen molar-refractivity contribution < 1.29 is 47.1 Å². The minimum absolute atomic E-state index is 0.0353. The topological polar surface area (TPSA) is 189 Å². The van der Waals surface area contributed by atoms with Gasteiger partial charge in [0.05, 0.1) is 23.5 Å². The van der Waals surface area contributed by atoms with E-state index in [4.69, 9.17) is 22.4 Å². The Morgan fingerprint density at radius 3 is 2.01 bits per heavy atom. The number of nitrogens with two attached hydrogens (primary N) is 1. The van der Waals surface area contributed by atoms with Gasteiger partial charge >= 0.3 is 11.5 Å². The number of hydrogen-bond donors (Lipinski definition) is 6. The Kier molecular flexibility index (Phi) is 21.9. The van der Waals surface area contributed by atoms with Gasteiger partial charge in [0.1, 0.15) is 0 Å². The third kappa shape index (κ3) is 17.5. The summed E-state index contributed by atoms with van der Waals surface area (Å²) in [6.45, 7) is 4.59. The molecule has 2 aliphatic rings. The summed E-state index contributed by atoms with van der Waals surface area (Å²) >= 11 is 7.69. The summed E-state index contributed by atoms with van der Waals surface area (Å²) in [5.74, 6) is -1.07.